The quantitative estimate of drug-likeness (QED) is 0.274. The number of benzene rings is 2. The zero-order chi connectivity index (χ0) is 36.4. The van der Waals surface area contributed by atoms with E-state index in [-0.39, 0.29) is 78.0 Å². The van der Waals surface area contributed by atoms with Crippen LogP contribution in [0.4, 0.5) is 0 Å². The van der Waals surface area contributed by atoms with Crippen molar-refractivity contribution in [3.63, 3.8) is 0 Å². The van der Waals surface area contributed by atoms with Crippen molar-refractivity contribution in [1.82, 2.24) is 10.6 Å². The topological polar surface area (TPSA) is 147 Å². The minimum absolute atomic E-state index is 0. The van der Waals surface area contributed by atoms with Crippen LogP contribution in [0.1, 0.15) is 131 Å². The van der Waals surface area contributed by atoms with Gasteiger partial charge in [-0.25, -0.2) is 0 Å². The molecule has 53 heavy (non-hydrogen) atoms. The summed E-state index contributed by atoms with van der Waals surface area (Å²) >= 11 is 0. The SMILES string of the molecule is C.CCc1cc(C)cc(CC)c1C1=C(O)C2(CCC(OC)CC2)NC1=O.CCc1cc(C)cc(CC)c1C1=C(O)C2(CCC(OC)CC2)NC1=O.[Na+].[OH-]. The van der Waals surface area contributed by atoms with Gasteiger partial charge in [0.05, 0.1) is 34.4 Å². The van der Waals surface area contributed by atoms with E-state index in [0.717, 1.165) is 110 Å². The predicted molar refractivity (Wildman–Crippen MR) is 208 cm³/mol. The van der Waals surface area contributed by atoms with Crippen LogP contribution in [0.3, 0.4) is 0 Å². The van der Waals surface area contributed by atoms with Crippen LogP contribution in [0.15, 0.2) is 35.8 Å². The summed E-state index contributed by atoms with van der Waals surface area (Å²) in [5.41, 5.74) is 8.59. The molecule has 2 saturated carbocycles. The Labute approximate surface area is 340 Å². The fourth-order valence-electron chi connectivity index (χ4n) is 8.84. The molecule has 4 aliphatic rings. The van der Waals surface area contributed by atoms with Gasteiger partial charge in [-0.15, -0.1) is 0 Å². The van der Waals surface area contributed by atoms with Crippen molar-refractivity contribution in [3.8, 4) is 0 Å². The second kappa shape index (κ2) is 19.3. The van der Waals surface area contributed by atoms with E-state index < -0.39 is 11.1 Å². The third-order valence-electron chi connectivity index (χ3n) is 11.7. The molecule has 5 N–H and O–H groups in total. The summed E-state index contributed by atoms with van der Waals surface area (Å²) in [6.45, 7) is 12.6. The molecule has 2 aromatic carbocycles. The zero-order valence-electron chi connectivity index (χ0n) is 32.9. The molecule has 288 valence electrons. The van der Waals surface area contributed by atoms with Crippen molar-refractivity contribution in [2.24, 2.45) is 0 Å². The Kier molecular flexibility index (Phi) is 16.9. The fourth-order valence-corrected chi connectivity index (χ4v) is 8.84. The standard InChI is InChI=1S/2C21H29NO3.CH4.Na.H2O/c2*1-5-14-11-13(3)12-15(6-2)17(14)18-19(23)21(22-20(18)24)9-7-16(25-4)8-10-21;;;/h2*11-12,16,23H,5-10H2,1-4H3,(H,22,24);1H4;;1H2/q;;;+1;/p-1. The number of methoxy groups -OCH3 is 2. The first kappa shape index (κ1) is 46.5. The van der Waals surface area contributed by atoms with Crippen LogP contribution in [0.25, 0.3) is 11.1 Å². The molecule has 9 nitrogen and oxygen atoms in total. The molecule has 2 aliphatic heterocycles. The van der Waals surface area contributed by atoms with E-state index in [1.54, 1.807) is 14.2 Å². The van der Waals surface area contributed by atoms with E-state index in [4.69, 9.17) is 9.47 Å². The van der Waals surface area contributed by atoms with Crippen molar-refractivity contribution in [1.29, 1.82) is 0 Å². The Hall–Kier alpha value is -2.66. The van der Waals surface area contributed by atoms with Crippen LogP contribution in [0.2, 0.25) is 0 Å². The van der Waals surface area contributed by atoms with Crippen LogP contribution in [0.5, 0.6) is 0 Å². The van der Waals surface area contributed by atoms with Gasteiger partial charge in [0.25, 0.3) is 11.8 Å². The summed E-state index contributed by atoms with van der Waals surface area (Å²) < 4.78 is 10.9. The normalized spacial score (nSPS) is 24.9. The van der Waals surface area contributed by atoms with E-state index in [9.17, 15) is 19.8 Å². The fraction of sp³-hybridized carbons (Fsp3) is 0.581. The Morgan fingerprint density at radius 3 is 1.11 bits per heavy atom. The maximum Gasteiger partial charge on any atom is 1.00 e. The molecular formula is C43H63N2NaO7. The van der Waals surface area contributed by atoms with Gasteiger partial charge in [0.15, 0.2) is 0 Å². The molecular weight excluding hydrogens is 679 g/mol. The summed E-state index contributed by atoms with van der Waals surface area (Å²) in [7, 11) is 3.45. The van der Waals surface area contributed by atoms with E-state index in [2.05, 4.69) is 76.4 Å². The number of rotatable bonds is 8. The van der Waals surface area contributed by atoms with Gasteiger partial charge in [-0.2, -0.15) is 0 Å². The number of carbonyl (C=O) groups is 2. The van der Waals surface area contributed by atoms with Crippen LogP contribution in [0, 0.1) is 13.8 Å². The summed E-state index contributed by atoms with van der Waals surface area (Å²) in [4.78, 5) is 25.7. The molecule has 2 fully saturated rings. The predicted octanol–water partition coefficient (Wildman–Crippen LogP) is 5.16. The van der Waals surface area contributed by atoms with Crippen molar-refractivity contribution in [2.75, 3.05) is 14.2 Å². The molecule has 2 aliphatic carbocycles. The summed E-state index contributed by atoms with van der Waals surface area (Å²) in [5, 5.41) is 28.4. The second-order valence-electron chi connectivity index (χ2n) is 14.7. The Morgan fingerprint density at radius 2 is 0.887 bits per heavy atom. The molecule has 0 radical (unpaired) electrons. The zero-order valence-corrected chi connectivity index (χ0v) is 34.9. The second-order valence-corrected chi connectivity index (χ2v) is 14.7. The van der Waals surface area contributed by atoms with Crippen LogP contribution in [-0.2, 0) is 44.7 Å². The molecule has 0 unspecified atom stereocenters. The van der Waals surface area contributed by atoms with E-state index in [1.807, 2.05) is 0 Å². The molecule has 2 heterocycles. The smallest absolute Gasteiger partial charge is 0.870 e. The van der Waals surface area contributed by atoms with Gasteiger partial charge in [-0.05, 0) is 124 Å². The first-order valence-corrected chi connectivity index (χ1v) is 18.7. The Bertz CT molecular complexity index is 1510. The summed E-state index contributed by atoms with van der Waals surface area (Å²) in [5.74, 6) is 0.198. The summed E-state index contributed by atoms with van der Waals surface area (Å²) in [6.07, 6.45) is 10.1. The Morgan fingerprint density at radius 1 is 0.623 bits per heavy atom. The van der Waals surface area contributed by atoms with Crippen molar-refractivity contribution in [3.05, 3.63) is 80.3 Å². The van der Waals surface area contributed by atoms with E-state index >= 15 is 0 Å². The first-order chi connectivity index (χ1) is 23.9. The number of aliphatic hydroxyl groups excluding tert-OH is 2. The molecule has 0 bridgehead atoms. The number of hydrogen-bond acceptors (Lipinski definition) is 7. The number of carbonyl (C=O) groups excluding carboxylic acids is 2. The summed E-state index contributed by atoms with van der Waals surface area (Å²) in [6, 6.07) is 8.54. The molecule has 0 atom stereocenters. The van der Waals surface area contributed by atoms with Crippen LogP contribution >= 0.6 is 0 Å². The van der Waals surface area contributed by atoms with E-state index in [0.29, 0.717) is 11.1 Å². The minimum Gasteiger partial charge on any atom is -0.870 e. The van der Waals surface area contributed by atoms with Crippen molar-refractivity contribution >= 4 is 23.0 Å². The largest absolute Gasteiger partial charge is 1.00 e. The van der Waals surface area contributed by atoms with Gasteiger partial charge >= 0.3 is 29.6 Å². The molecule has 6 rings (SSSR count). The minimum atomic E-state index is -0.609. The molecule has 0 aromatic heterocycles. The van der Waals surface area contributed by atoms with Gasteiger partial charge in [0.1, 0.15) is 11.5 Å². The molecule has 2 amide bonds. The first-order valence-electron chi connectivity index (χ1n) is 18.7. The molecule has 2 spiro atoms. The number of aryl methyl sites for hydroxylation is 6. The monoisotopic (exact) mass is 742 g/mol. The average molecular weight is 743 g/mol. The van der Waals surface area contributed by atoms with Crippen molar-refractivity contribution in [2.45, 2.75) is 149 Å². The average Bonchev–Trinajstić information content (AvgIpc) is 3.50. The number of amides is 2. The third kappa shape index (κ3) is 8.92. The maximum absolute atomic E-state index is 12.9. The van der Waals surface area contributed by atoms with Gasteiger partial charge < -0.3 is 35.8 Å². The van der Waals surface area contributed by atoms with Gasteiger partial charge in [0, 0.05) is 14.2 Å². The number of ether oxygens (including phenoxy) is 2. The van der Waals surface area contributed by atoms with E-state index in [1.165, 1.54) is 11.1 Å². The van der Waals surface area contributed by atoms with Gasteiger partial charge in [0.2, 0.25) is 0 Å². The number of nitrogens with one attached hydrogen (secondary N) is 2. The molecule has 2 aromatic rings. The maximum atomic E-state index is 12.9. The number of aliphatic hydroxyl groups is 2. The Balaban J connectivity index is 0.000000347. The van der Waals surface area contributed by atoms with Crippen molar-refractivity contribution < 1.29 is 64.3 Å². The number of hydrogen-bond donors (Lipinski definition) is 4. The molecule has 0 saturated heterocycles. The van der Waals surface area contributed by atoms with Gasteiger partial charge in [-0.3, -0.25) is 9.59 Å². The van der Waals surface area contributed by atoms with Crippen LogP contribution in [-0.4, -0.2) is 65.0 Å². The van der Waals surface area contributed by atoms with Gasteiger partial charge in [-0.1, -0.05) is 70.5 Å². The van der Waals surface area contributed by atoms with Crippen LogP contribution < -0.4 is 40.2 Å². The molecule has 10 heteroatoms. The third-order valence-corrected chi connectivity index (χ3v) is 11.7.